The third-order valence-corrected chi connectivity index (χ3v) is 6.65. The van der Waals surface area contributed by atoms with Gasteiger partial charge in [0.1, 0.15) is 5.76 Å². The molecule has 1 aromatic heterocycles. The Morgan fingerprint density at radius 3 is 2.66 bits per heavy atom. The topological polar surface area (TPSA) is 79.6 Å². The molecule has 3 rings (SSSR count). The molecule has 0 saturated carbocycles. The summed E-state index contributed by atoms with van der Waals surface area (Å²) in [6, 6.07) is 6.08. The smallest absolute Gasteiger partial charge is 0.417 e. The number of hydrogen-bond acceptors (Lipinski definition) is 5. The Kier molecular flexibility index (Phi) is 6.25. The van der Waals surface area contributed by atoms with Crippen LogP contribution in [0.3, 0.4) is 0 Å². The fourth-order valence-electron chi connectivity index (χ4n) is 3.19. The van der Waals surface area contributed by atoms with Crippen molar-refractivity contribution in [3.8, 4) is 0 Å². The number of halogens is 4. The summed E-state index contributed by atoms with van der Waals surface area (Å²) in [5, 5.41) is 1.95. The number of amides is 1. The second kappa shape index (κ2) is 8.37. The van der Waals surface area contributed by atoms with E-state index >= 15 is 0 Å². The maximum absolute atomic E-state index is 13.0. The highest BCUT2D eigenvalue weighted by atomic mass is 35.5. The van der Waals surface area contributed by atoms with Crippen molar-refractivity contribution in [1.29, 1.82) is 0 Å². The van der Waals surface area contributed by atoms with Crippen LogP contribution in [0, 0.1) is 0 Å². The van der Waals surface area contributed by atoms with Gasteiger partial charge in [0.15, 0.2) is 9.84 Å². The molecule has 2 aromatic rings. The summed E-state index contributed by atoms with van der Waals surface area (Å²) in [6.07, 6.45) is -2.82. The Hall–Kier alpha value is -2.04. The Labute approximate surface area is 170 Å². The summed E-state index contributed by atoms with van der Waals surface area (Å²) in [5.74, 6) is -0.0792. The minimum Gasteiger partial charge on any atom is -0.468 e. The number of hydrogen-bond donors (Lipinski definition) is 1. The van der Waals surface area contributed by atoms with Crippen LogP contribution in [0.2, 0.25) is 5.02 Å². The van der Waals surface area contributed by atoms with Crippen LogP contribution >= 0.6 is 11.6 Å². The van der Waals surface area contributed by atoms with Gasteiger partial charge in [-0.15, -0.1) is 0 Å². The van der Waals surface area contributed by atoms with E-state index in [4.69, 9.17) is 16.0 Å². The average molecular weight is 451 g/mol. The monoisotopic (exact) mass is 450 g/mol. The zero-order chi connectivity index (χ0) is 21.2. The molecular weight excluding hydrogens is 433 g/mol. The minimum atomic E-state index is -4.65. The number of furan rings is 1. The number of carbonyl (C=O) groups is 1. The number of benzene rings is 1. The molecule has 1 fully saturated rings. The molecule has 1 atom stereocenters. The second-order valence-electron chi connectivity index (χ2n) is 6.78. The van der Waals surface area contributed by atoms with Crippen LogP contribution in [-0.4, -0.2) is 43.3 Å². The summed E-state index contributed by atoms with van der Waals surface area (Å²) in [4.78, 5) is 14.1. The number of rotatable bonds is 6. The standard InChI is InChI=1S/C18H18ClF3N2O4S/c19-16-4-3-12(8-15(16)18(20,21)22)23-17(25)10-24(9-14-2-1-6-28-14)13-5-7-29(26,27)11-13/h1-4,6,8,13H,5,7,9-11H2,(H,23,25)/t13-/m0/s1. The van der Waals surface area contributed by atoms with Crippen LogP contribution in [0.25, 0.3) is 0 Å². The van der Waals surface area contributed by atoms with Crippen LogP contribution in [0.15, 0.2) is 41.0 Å². The van der Waals surface area contributed by atoms with Crippen molar-refractivity contribution in [2.75, 3.05) is 23.4 Å². The average Bonchev–Trinajstić information content (AvgIpc) is 3.24. The Bertz CT molecular complexity index is 977. The Morgan fingerprint density at radius 1 is 1.31 bits per heavy atom. The molecule has 1 N–H and O–H groups in total. The molecule has 2 heterocycles. The highest BCUT2D eigenvalue weighted by Crippen LogP contribution is 2.36. The molecule has 0 spiro atoms. The zero-order valence-corrected chi connectivity index (χ0v) is 16.6. The Balaban J connectivity index is 1.73. The number of carbonyl (C=O) groups excluding carboxylic acids is 1. The lowest BCUT2D eigenvalue weighted by Crippen LogP contribution is -2.41. The molecule has 1 aromatic carbocycles. The molecule has 11 heteroatoms. The largest absolute Gasteiger partial charge is 0.468 e. The van der Waals surface area contributed by atoms with Gasteiger partial charge in [-0.2, -0.15) is 13.2 Å². The summed E-state index contributed by atoms with van der Waals surface area (Å²) in [6.45, 7) is -0.000109. The van der Waals surface area contributed by atoms with Crippen molar-refractivity contribution in [3.63, 3.8) is 0 Å². The van der Waals surface area contributed by atoms with E-state index < -0.39 is 32.5 Å². The molecule has 0 bridgehead atoms. The van der Waals surface area contributed by atoms with Gasteiger partial charge < -0.3 is 9.73 Å². The van der Waals surface area contributed by atoms with E-state index in [1.165, 1.54) is 12.3 Å². The van der Waals surface area contributed by atoms with E-state index in [0.717, 1.165) is 12.1 Å². The van der Waals surface area contributed by atoms with Crippen molar-refractivity contribution in [2.24, 2.45) is 0 Å². The summed E-state index contributed by atoms with van der Waals surface area (Å²) < 4.78 is 67.9. The lowest BCUT2D eigenvalue weighted by Gasteiger charge is -2.26. The SMILES string of the molecule is O=C(CN(Cc1ccco1)[C@H]1CCS(=O)(=O)C1)Nc1ccc(Cl)c(C(F)(F)F)c1. The van der Waals surface area contributed by atoms with Gasteiger partial charge in [0.05, 0.1) is 41.4 Å². The molecule has 29 heavy (non-hydrogen) atoms. The third-order valence-electron chi connectivity index (χ3n) is 4.57. The van der Waals surface area contributed by atoms with Crippen LogP contribution in [0.4, 0.5) is 18.9 Å². The number of nitrogens with zero attached hydrogens (tertiary/aromatic N) is 1. The van der Waals surface area contributed by atoms with E-state index in [0.29, 0.717) is 12.2 Å². The van der Waals surface area contributed by atoms with Crippen molar-refractivity contribution in [1.82, 2.24) is 4.90 Å². The number of nitrogens with one attached hydrogen (secondary N) is 1. The molecule has 1 aliphatic rings. The van der Waals surface area contributed by atoms with E-state index in [9.17, 15) is 26.4 Å². The maximum atomic E-state index is 13.0. The highest BCUT2D eigenvalue weighted by molar-refractivity contribution is 7.91. The van der Waals surface area contributed by atoms with Gasteiger partial charge in [-0.25, -0.2) is 8.42 Å². The molecular formula is C18H18ClF3N2O4S. The van der Waals surface area contributed by atoms with Crippen molar-refractivity contribution < 1.29 is 30.8 Å². The molecule has 0 unspecified atom stereocenters. The van der Waals surface area contributed by atoms with Crippen molar-refractivity contribution in [2.45, 2.75) is 25.2 Å². The van der Waals surface area contributed by atoms with Gasteiger partial charge in [0, 0.05) is 11.7 Å². The minimum absolute atomic E-state index is 0.0278. The van der Waals surface area contributed by atoms with Crippen LogP contribution in [0.5, 0.6) is 0 Å². The fourth-order valence-corrected chi connectivity index (χ4v) is 5.17. The molecule has 1 aliphatic heterocycles. The molecule has 0 aliphatic carbocycles. The summed E-state index contributed by atoms with van der Waals surface area (Å²) >= 11 is 5.59. The lowest BCUT2D eigenvalue weighted by atomic mass is 10.2. The third kappa shape index (κ3) is 5.74. The summed E-state index contributed by atoms with van der Waals surface area (Å²) in [7, 11) is -3.18. The maximum Gasteiger partial charge on any atom is 0.417 e. The lowest BCUT2D eigenvalue weighted by molar-refractivity contribution is -0.137. The van der Waals surface area contributed by atoms with Gasteiger partial charge >= 0.3 is 6.18 Å². The first kappa shape index (κ1) is 21.7. The molecule has 1 saturated heterocycles. The fraction of sp³-hybridized carbons (Fsp3) is 0.389. The van der Waals surface area contributed by atoms with E-state index in [1.807, 2.05) is 0 Å². The van der Waals surface area contributed by atoms with Crippen LogP contribution < -0.4 is 5.32 Å². The predicted octanol–water partition coefficient (Wildman–Crippen LogP) is 3.58. The quantitative estimate of drug-likeness (QED) is 0.727. The van der Waals surface area contributed by atoms with Gasteiger partial charge in [0.2, 0.25) is 5.91 Å². The molecule has 6 nitrogen and oxygen atoms in total. The van der Waals surface area contributed by atoms with E-state index in [2.05, 4.69) is 5.32 Å². The molecule has 1 amide bonds. The van der Waals surface area contributed by atoms with Gasteiger partial charge in [-0.3, -0.25) is 9.69 Å². The first-order valence-electron chi connectivity index (χ1n) is 8.67. The van der Waals surface area contributed by atoms with Crippen LogP contribution in [0.1, 0.15) is 17.7 Å². The van der Waals surface area contributed by atoms with Crippen LogP contribution in [-0.2, 0) is 27.4 Å². The number of anilines is 1. The number of sulfone groups is 1. The van der Waals surface area contributed by atoms with E-state index in [-0.39, 0.29) is 36.3 Å². The second-order valence-corrected chi connectivity index (χ2v) is 9.42. The normalized spacial score (nSPS) is 18.9. The van der Waals surface area contributed by atoms with Crippen molar-refractivity contribution in [3.05, 3.63) is 52.9 Å². The molecule has 0 radical (unpaired) electrons. The van der Waals surface area contributed by atoms with Crippen molar-refractivity contribution >= 4 is 33.0 Å². The zero-order valence-electron chi connectivity index (χ0n) is 15.1. The summed E-state index contributed by atoms with van der Waals surface area (Å²) in [5.41, 5.74) is -1.10. The molecule has 158 valence electrons. The van der Waals surface area contributed by atoms with E-state index in [1.54, 1.807) is 17.0 Å². The first-order chi connectivity index (χ1) is 13.5. The first-order valence-corrected chi connectivity index (χ1v) is 10.9. The van der Waals surface area contributed by atoms with Gasteiger partial charge in [-0.1, -0.05) is 11.6 Å². The predicted molar refractivity (Wildman–Crippen MR) is 101 cm³/mol. The Morgan fingerprint density at radius 2 is 2.07 bits per heavy atom. The van der Waals surface area contributed by atoms with Gasteiger partial charge in [0.25, 0.3) is 0 Å². The van der Waals surface area contributed by atoms with Gasteiger partial charge in [-0.05, 0) is 36.8 Å². The number of alkyl halides is 3. The highest BCUT2D eigenvalue weighted by Gasteiger charge is 2.35.